The van der Waals surface area contributed by atoms with Gasteiger partial charge in [-0.05, 0) is 6.42 Å². The lowest BCUT2D eigenvalue weighted by atomic mass is 10.2. The second-order valence-electron chi connectivity index (χ2n) is 4.20. The van der Waals surface area contributed by atoms with Gasteiger partial charge < -0.3 is 5.11 Å². The van der Waals surface area contributed by atoms with Crippen LogP contribution in [-0.2, 0) is 22.7 Å². The highest BCUT2D eigenvalue weighted by Gasteiger charge is 2.25. The van der Waals surface area contributed by atoms with Gasteiger partial charge >= 0.3 is 5.97 Å². The molecule has 0 fully saturated rings. The van der Waals surface area contributed by atoms with Crippen molar-refractivity contribution < 1.29 is 14.7 Å². The van der Waals surface area contributed by atoms with E-state index >= 15 is 0 Å². The maximum atomic E-state index is 11.7. The Labute approximate surface area is 109 Å². The zero-order valence-corrected chi connectivity index (χ0v) is 10.6. The Morgan fingerprint density at radius 3 is 2.95 bits per heavy atom. The number of carboxylic acid groups (broad SMARTS) is 1. The fourth-order valence-electron chi connectivity index (χ4n) is 1.82. The molecule has 0 saturated carbocycles. The van der Waals surface area contributed by atoms with Crippen molar-refractivity contribution in [1.29, 1.82) is 0 Å². The molecule has 0 bridgehead atoms. The van der Waals surface area contributed by atoms with E-state index < -0.39 is 5.97 Å². The highest BCUT2D eigenvalue weighted by Crippen LogP contribution is 2.12. The molecule has 1 N–H and O–H groups in total. The molecule has 1 amide bonds. The zero-order chi connectivity index (χ0) is 13.8. The minimum Gasteiger partial charge on any atom is -0.477 e. The predicted molar refractivity (Wildman–Crippen MR) is 65.2 cm³/mol. The summed E-state index contributed by atoms with van der Waals surface area (Å²) in [6.07, 6.45) is 2.65. The maximum absolute atomic E-state index is 11.7. The molecule has 0 spiro atoms. The first-order valence-corrected chi connectivity index (χ1v) is 6.09. The van der Waals surface area contributed by atoms with Gasteiger partial charge in [0.15, 0.2) is 0 Å². The van der Waals surface area contributed by atoms with Crippen LogP contribution in [0.1, 0.15) is 32.0 Å². The number of nitrogens with zero attached hydrogens (tertiary/aromatic N) is 5. The number of carbonyl (C=O) groups is 2. The molecule has 0 aliphatic carbocycles. The number of aryl methyl sites for hydroxylation is 1. The van der Waals surface area contributed by atoms with Crippen molar-refractivity contribution in [2.75, 3.05) is 0 Å². The smallest absolute Gasteiger partial charge is 0.352 e. The molecule has 0 saturated heterocycles. The van der Waals surface area contributed by atoms with Crippen molar-refractivity contribution in [2.24, 2.45) is 5.10 Å². The highest BCUT2D eigenvalue weighted by atomic mass is 16.4. The summed E-state index contributed by atoms with van der Waals surface area (Å²) < 4.78 is 1.69. The van der Waals surface area contributed by atoms with Crippen LogP contribution in [0.4, 0.5) is 0 Å². The monoisotopic (exact) mass is 265 g/mol. The van der Waals surface area contributed by atoms with Gasteiger partial charge in [-0.2, -0.15) is 10.2 Å². The predicted octanol–water partition coefficient (Wildman–Crippen LogP) is 0.251. The van der Waals surface area contributed by atoms with E-state index in [9.17, 15) is 9.59 Å². The van der Waals surface area contributed by atoms with E-state index in [2.05, 4.69) is 15.2 Å². The van der Waals surface area contributed by atoms with Crippen molar-refractivity contribution in [1.82, 2.24) is 19.8 Å². The Balaban J connectivity index is 2.16. The lowest BCUT2D eigenvalue weighted by molar-refractivity contribution is -0.133. The second kappa shape index (κ2) is 5.59. The molecule has 0 unspecified atom stereocenters. The number of hydrogen-bond acceptors (Lipinski definition) is 5. The van der Waals surface area contributed by atoms with Crippen molar-refractivity contribution >= 4 is 17.6 Å². The minimum atomic E-state index is -1.09. The van der Waals surface area contributed by atoms with Crippen LogP contribution in [0.15, 0.2) is 11.4 Å². The summed E-state index contributed by atoms with van der Waals surface area (Å²) in [5, 5.41) is 18.0. The summed E-state index contributed by atoms with van der Waals surface area (Å²) in [4.78, 5) is 26.7. The molecule has 1 aromatic heterocycles. The van der Waals surface area contributed by atoms with Crippen molar-refractivity contribution in [3.8, 4) is 0 Å². The van der Waals surface area contributed by atoms with E-state index in [0.717, 1.165) is 11.4 Å². The van der Waals surface area contributed by atoms with Gasteiger partial charge in [0.1, 0.15) is 24.4 Å². The Morgan fingerprint density at radius 2 is 2.26 bits per heavy atom. The first kappa shape index (κ1) is 13.2. The van der Waals surface area contributed by atoms with E-state index in [-0.39, 0.29) is 31.0 Å². The van der Waals surface area contributed by atoms with Gasteiger partial charge in [0.05, 0.1) is 0 Å². The SMILES string of the molecule is CCCn1ncnc1CN1N=C(C(=O)O)CCC1=O. The number of hydrogen-bond donors (Lipinski definition) is 1. The Kier molecular flexibility index (Phi) is 3.88. The second-order valence-corrected chi connectivity index (χ2v) is 4.20. The van der Waals surface area contributed by atoms with Crippen molar-refractivity contribution in [3.05, 3.63) is 12.2 Å². The average Bonchev–Trinajstić information content (AvgIpc) is 2.80. The maximum Gasteiger partial charge on any atom is 0.352 e. The fraction of sp³-hybridized carbons (Fsp3) is 0.545. The Hall–Kier alpha value is -2.25. The summed E-state index contributed by atoms with van der Waals surface area (Å²) in [7, 11) is 0. The molecule has 0 atom stereocenters. The fourth-order valence-corrected chi connectivity index (χ4v) is 1.82. The number of carboxylic acids is 1. The number of aromatic nitrogens is 3. The number of carbonyl (C=O) groups excluding carboxylic acids is 1. The van der Waals surface area contributed by atoms with Crippen LogP contribution in [0.3, 0.4) is 0 Å². The summed E-state index contributed by atoms with van der Waals surface area (Å²) in [5.74, 6) is -0.686. The third kappa shape index (κ3) is 2.95. The lowest BCUT2D eigenvalue weighted by Crippen LogP contribution is -2.34. The molecular formula is C11H15N5O3. The third-order valence-corrected chi connectivity index (χ3v) is 2.77. The van der Waals surface area contributed by atoms with Crippen LogP contribution < -0.4 is 0 Å². The van der Waals surface area contributed by atoms with Crippen LogP contribution in [0, 0.1) is 0 Å². The molecule has 19 heavy (non-hydrogen) atoms. The lowest BCUT2D eigenvalue weighted by Gasteiger charge is -2.21. The molecule has 1 aliphatic heterocycles. The molecular weight excluding hydrogens is 250 g/mol. The van der Waals surface area contributed by atoms with Gasteiger partial charge in [0, 0.05) is 19.4 Å². The van der Waals surface area contributed by atoms with Gasteiger partial charge in [-0.15, -0.1) is 0 Å². The molecule has 0 aromatic carbocycles. The van der Waals surface area contributed by atoms with Crippen LogP contribution in [-0.4, -0.2) is 42.5 Å². The highest BCUT2D eigenvalue weighted by molar-refractivity contribution is 6.36. The molecule has 2 rings (SSSR count). The minimum absolute atomic E-state index is 0.00107. The van der Waals surface area contributed by atoms with Gasteiger partial charge in [-0.3, -0.25) is 4.79 Å². The molecule has 102 valence electrons. The molecule has 1 aliphatic rings. The van der Waals surface area contributed by atoms with E-state index in [0.29, 0.717) is 12.4 Å². The first-order chi connectivity index (χ1) is 9.11. The standard InChI is InChI=1S/C11H15N5O3/c1-2-5-15-9(12-7-13-15)6-16-10(17)4-3-8(14-16)11(18)19/h7H,2-6H2,1H3,(H,18,19). The average molecular weight is 265 g/mol. The van der Waals surface area contributed by atoms with Crippen LogP contribution >= 0.6 is 0 Å². The topological polar surface area (TPSA) is 101 Å². The van der Waals surface area contributed by atoms with Crippen molar-refractivity contribution in [3.63, 3.8) is 0 Å². The van der Waals surface area contributed by atoms with Gasteiger partial charge in [-0.1, -0.05) is 6.92 Å². The largest absolute Gasteiger partial charge is 0.477 e. The number of aliphatic carboxylic acids is 1. The summed E-state index contributed by atoms with van der Waals surface area (Å²) >= 11 is 0. The zero-order valence-electron chi connectivity index (χ0n) is 10.6. The van der Waals surface area contributed by atoms with Gasteiger partial charge in [0.2, 0.25) is 5.91 Å². The van der Waals surface area contributed by atoms with E-state index in [1.807, 2.05) is 6.92 Å². The Bertz CT molecular complexity index is 522. The van der Waals surface area contributed by atoms with Crippen molar-refractivity contribution in [2.45, 2.75) is 39.3 Å². The molecule has 1 aromatic rings. The Morgan fingerprint density at radius 1 is 1.47 bits per heavy atom. The van der Waals surface area contributed by atoms with Gasteiger partial charge in [-0.25, -0.2) is 19.5 Å². The molecule has 8 heteroatoms. The van der Waals surface area contributed by atoms with Crippen LogP contribution in [0.25, 0.3) is 0 Å². The first-order valence-electron chi connectivity index (χ1n) is 6.09. The molecule has 0 radical (unpaired) electrons. The third-order valence-electron chi connectivity index (χ3n) is 2.77. The number of rotatable bonds is 5. The summed E-state index contributed by atoms with van der Waals surface area (Å²) in [5.41, 5.74) is 0.00107. The molecule has 2 heterocycles. The normalized spacial score (nSPS) is 15.5. The number of hydrazone groups is 1. The van der Waals surface area contributed by atoms with E-state index in [1.165, 1.54) is 6.33 Å². The van der Waals surface area contributed by atoms with Crippen LogP contribution in [0.5, 0.6) is 0 Å². The summed E-state index contributed by atoms with van der Waals surface area (Å²) in [6.45, 7) is 2.86. The summed E-state index contributed by atoms with van der Waals surface area (Å²) in [6, 6.07) is 0. The quantitative estimate of drug-likeness (QED) is 0.822. The van der Waals surface area contributed by atoms with Crippen LogP contribution in [0.2, 0.25) is 0 Å². The van der Waals surface area contributed by atoms with E-state index in [4.69, 9.17) is 5.11 Å². The molecule has 8 nitrogen and oxygen atoms in total. The number of amides is 1. The van der Waals surface area contributed by atoms with E-state index in [1.54, 1.807) is 4.68 Å². The van der Waals surface area contributed by atoms with Gasteiger partial charge in [0.25, 0.3) is 0 Å².